The number of amides is 2. The van der Waals surface area contributed by atoms with E-state index in [1.54, 1.807) is 11.3 Å². The molecule has 136 valence electrons. The Kier molecular flexibility index (Phi) is 5.68. The molecule has 0 aliphatic rings. The Balaban J connectivity index is 1.71. The predicted octanol–water partition coefficient (Wildman–Crippen LogP) is 4.37. The van der Waals surface area contributed by atoms with Crippen molar-refractivity contribution in [1.29, 1.82) is 0 Å². The second kappa shape index (κ2) is 7.97. The quantitative estimate of drug-likeness (QED) is 0.660. The van der Waals surface area contributed by atoms with Crippen molar-refractivity contribution in [1.82, 2.24) is 10.3 Å². The molecule has 2 aromatic heterocycles. The van der Waals surface area contributed by atoms with E-state index < -0.39 is 0 Å². The minimum absolute atomic E-state index is 0.00282. The van der Waals surface area contributed by atoms with Crippen molar-refractivity contribution in [3.63, 3.8) is 0 Å². The highest BCUT2D eigenvalue weighted by atomic mass is 32.1. The van der Waals surface area contributed by atoms with Crippen LogP contribution < -0.4 is 10.6 Å². The lowest BCUT2D eigenvalue weighted by molar-refractivity contribution is -0.121. The Bertz CT molecular complexity index is 916. The maximum atomic E-state index is 12.5. The number of benzene rings is 1. The first-order valence-electron chi connectivity index (χ1n) is 8.42. The number of thiazole rings is 1. The minimum Gasteiger partial charge on any atom is -0.348 e. The number of carbonyl (C=O) groups excluding carboxylic acids is 2. The average Bonchev–Trinajstić information content (AvgIpc) is 3.20. The smallest absolute Gasteiger partial charge is 0.224 e. The Labute approximate surface area is 160 Å². The monoisotopic (exact) mass is 387 g/mol. The van der Waals surface area contributed by atoms with E-state index in [-0.39, 0.29) is 17.9 Å². The van der Waals surface area contributed by atoms with Gasteiger partial charge in [0.1, 0.15) is 0 Å². The lowest BCUT2D eigenvalue weighted by Crippen LogP contribution is -2.32. The maximum Gasteiger partial charge on any atom is 0.224 e. The molecule has 2 heterocycles. The van der Waals surface area contributed by atoms with Gasteiger partial charge in [0.2, 0.25) is 11.8 Å². The second-order valence-corrected chi connectivity index (χ2v) is 8.49. The Morgan fingerprint density at radius 1 is 1.23 bits per heavy atom. The first-order chi connectivity index (χ1) is 12.4. The van der Waals surface area contributed by atoms with Crippen LogP contribution in [0.15, 0.2) is 35.7 Å². The highest BCUT2D eigenvalue weighted by Gasteiger charge is 2.19. The van der Waals surface area contributed by atoms with E-state index in [1.165, 1.54) is 23.1 Å². The van der Waals surface area contributed by atoms with E-state index in [2.05, 4.69) is 35.5 Å². The van der Waals surface area contributed by atoms with E-state index in [4.69, 9.17) is 0 Å². The van der Waals surface area contributed by atoms with Crippen LogP contribution in [0.1, 0.15) is 37.3 Å². The lowest BCUT2D eigenvalue weighted by Gasteiger charge is -2.21. The van der Waals surface area contributed by atoms with Gasteiger partial charge in [0.15, 0.2) is 5.13 Å². The van der Waals surface area contributed by atoms with Crippen molar-refractivity contribution in [2.45, 2.75) is 33.2 Å². The molecule has 0 aliphatic carbocycles. The summed E-state index contributed by atoms with van der Waals surface area (Å²) < 4.78 is 0.956. The molecule has 0 unspecified atom stereocenters. The van der Waals surface area contributed by atoms with Gasteiger partial charge in [-0.3, -0.25) is 9.59 Å². The SMILES string of the molecule is CC(=O)Nc1nc2ccc(CC(=O)N[C@H](c3cccs3)C(C)C)cc2s1. The van der Waals surface area contributed by atoms with Crippen molar-refractivity contribution in [3.8, 4) is 0 Å². The number of hydrogen-bond donors (Lipinski definition) is 2. The van der Waals surface area contributed by atoms with Gasteiger partial charge in [0, 0.05) is 11.8 Å². The Hall–Kier alpha value is -2.25. The summed E-state index contributed by atoms with van der Waals surface area (Å²) in [6.45, 7) is 5.68. The van der Waals surface area contributed by atoms with Crippen LogP contribution in [0.4, 0.5) is 5.13 Å². The number of aromatic nitrogens is 1. The van der Waals surface area contributed by atoms with E-state index >= 15 is 0 Å². The van der Waals surface area contributed by atoms with Crippen LogP contribution in [0.2, 0.25) is 0 Å². The van der Waals surface area contributed by atoms with E-state index in [9.17, 15) is 9.59 Å². The number of carbonyl (C=O) groups is 2. The molecule has 0 saturated heterocycles. The fourth-order valence-corrected chi connectivity index (χ4v) is 4.65. The summed E-state index contributed by atoms with van der Waals surface area (Å²) >= 11 is 3.07. The van der Waals surface area contributed by atoms with Crippen LogP contribution in [0, 0.1) is 5.92 Å². The number of nitrogens with zero attached hydrogens (tertiary/aromatic N) is 1. The topological polar surface area (TPSA) is 71.1 Å². The van der Waals surface area contributed by atoms with Crippen LogP contribution >= 0.6 is 22.7 Å². The third-order valence-corrected chi connectivity index (χ3v) is 5.82. The molecule has 1 atom stereocenters. The molecule has 26 heavy (non-hydrogen) atoms. The zero-order chi connectivity index (χ0) is 18.7. The lowest BCUT2D eigenvalue weighted by atomic mass is 10.0. The molecule has 0 fully saturated rings. The molecular formula is C19H21N3O2S2. The first kappa shape index (κ1) is 18.5. The van der Waals surface area contributed by atoms with Gasteiger partial charge >= 0.3 is 0 Å². The fraction of sp³-hybridized carbons (Fsp3) is 0.316. The van der Waals surface area contributed by atoms with Crippen LogP contribution in [0.25, 0.3) is 10.2 Å². The Morgan fingerprint density at radius 3 is 2.69 bits per heavy atom. The molecule has 0 aliphatic heterocycles. The maximum absolute atomic E-state index is 12.5. The highest BCUT2D eigenvalue weighted by molar-refractivity contribution is 7.22. The van der Waals surface area contributed by atoms with E-state index in [1.807, 2.05) is 29.6 Å². The molecule has 0 saturated carbocycles. The number of anilines is 1. The van der Waals surface area contributed by atoms with Gasteiger partial charge in [0.05, 0.1) is 22.7 Å². The molecule has 3 rings (SSSR count). The van der Waals surface area contributed by atoms with Crippen molar-refractivity contribution < 1.29 is 9.59 Å². The number of hydrogen-bond acceptors (Lipinski definition) is 5. The van der Waals surface area contributed by atoms with Crippen LogP contribution in [-0.2, 0) is 16.0 Å². The number of thiophene rings is 1. The third-order valence-electron chi connectivity index (χ3n) is 3.93. The molecule has 3 aromatic rings. The summed E-state index contributed by atoms with van der Waals surface area (Å²) in [5.74, 6) is 0.182. The van der Waals surface area contributed by atoms with E-state index in [0.717, 1.165) is 15.8 Å². The number of rotatable bonds is 6. The molecule has 0 spiro atoms. The van der Waals surface area contributed by atoms with Crippen molar-refractivity contribution in [2.24, 2.45) is 5.92 Å². The standard InChI is InChI=1S/C19H21N3O2S2/c1-11(2)18(15-5-4-8-25-15)22-17(24)10-13-6-7-14-16(9-13)26-19(21-14)20-12(3)23/h4-9,11,18H,10H2,1-3H3,(H,22,24)(H,20,21,23)/t18-/m0/s1. The summed E-state index contributed by atoms with van der Waals surface area (Å²) in [4.78, 5) is 29.2. The first-order valence-corrected chi connectivity index (χ1v) is 10.1. The van der Waals surface area contributed by atoms with Gasteiger partial charge in [0.25, 0.3) is 0 Å². The summed E-state index contributed by atoms with van der Waals surface area (Å²) in [6.07, 6.45) is 0.317. The molecular weight excluding hydrogens is 366 g/mol. The summed E-state index contributed by atoms with van der Waals surface area (Å²) in [6, 6.07) is 9.86. The molecule has 0 radical (unpaired) electrons. The van der Waals surface area contributed by atoms with Crippen LogP contribution in [-0.4, -0.2) is 16.8 Å². The molecule has 2 N–H and O–H groups in total. The van der Waals surface area contributed by atoms with Crippen molar-refractivity contribution in [3.05, 3.63) is 46.2 Å². The predicted molar refractivity (Wildman–Crippen MR) is 108 cm³/mol. The van der Waals surface area contributed by atoms with E-state index in [0.29, 0.717) is 17.5 Å². The van der Waals surface area contributed by atoms with Crippen molar-refractivity contribution in [2.75, 3.05) is 5.32 Å². The largest absolute Gasteiger partial charge is 0.348 e. The second-order valence-electron chi connectivity index (χ2n) is 6.48. The van der Waals surface area contributed by atoms with Gasteiger partial charge in [-0.15, -0.1) is 11.3 Å². The van der Waals surface area contributed by atoms with Gasteiger partial charge in [-0.1, -0.05) is 37.3 Å². The Morgan fingerprint density at radius 2 is 2.04 bits per heavy atom. The van der Waals surface area contributed by atoms with Crippen molar-refractivity contribution >= 4 is 49.8 Å². The van der Waals surface area contributed by atoms with Gasteiger partial charge < -0.3 is 10.6 Å². The van der Waals surface area contributed by atoms with Gasteiger partial charge in [-0.05, 0) is 35.1 Å². The van der Waals surface area contributed by atoms with Crippen LogP contribution in [0.3, 0.4) is 0 Å². The summed E-state index contributed by atoms with van der Waals surface area (Å²) in [7, 11) is 0. The molecule has 2 amide bonds. The average molecular weight is 388 g/mol. The zero-order valence-corrected chi connectivity index (χ0v) is 16.5. The number of fused-ring (bicyclic) bond motifs is 1. The van der Waals surface area contributed by atoms with Gasteiger partial charge in [-0.2, -0.15) is 0 Å². The molecule has 7 heteroatoms. The van der Waals surface area contributed by atoms with Crippen LogP contribution in [0.5, 0.6) is 0 Å². The summed E-state index contributed by atoms with van der Waals surface area (Å²) in [5, 5.41) is 8.45. The minimum atomic E-state index is -0.142. The summed E-state index contributed by atoms with van der Waals surface area (Å²) in [5.41, 5.74) is 1.75. The molecule has 0 bridgehead atoms. The van der Waals surface area contributed by atoms with Gasteiger partial charge in [-0.25, -0.2) is 4.98 Å². The fourth-order valence-electron chi connectivity index (χ4n) is 2.73. The normalized spacial score (nSPS) is 12.3. The number of nitrogens with one attached hydrogen (secondary N) is 2. The third kappa shape index (κ3) is 4.47. The molecule has 5 nitrogen and oxygen atoms in total. The molecule has 1 aromatic carbocycles. The zero-order valence-electron chi connectivity index (χ0n) is 14.9. The highest BCUT2D eigenvalue weighted by Crippen LogP contribution is 2.28.